The van der Waals surface area contributed by atoms with Crippen LogP contribution in [0.15, 0.2) is 11.3 Å². The SMILES string of the molecule is CCNC(=NCc1ncnn1C)NCC(CC)(CC)NC(=O)OC(C)(C)C.I. The Morgan fingerprint density at radius 3 is 2.32 bits per heavy atom. The van der Waals surface area contributed by atoms with Crippen LogP contribution < -0.4 is 16.0 Å². The van der Waals surface area contributed by atoms with Crippen molar-refractivity contribution in [3.8, 4) is 0 Å². The van der Waals surface area contributed by atoms with Gasteiger partial charge in [0.15, 0.2) is 5.96 Å². The van der Waals surface area contributed by atoms with Crippen molar-refractivity contribution in [1.82, 2.24) is 30.7 Å². The summed E-state index contributed by atoms with van der Waals surface area (Å²) >= 11 is 0. The second-order valence-electron chi connectivity index (χ2n) is 7.46. The molecule has 1 rings (SSSR count). The van der Waals surface area contributed by atoms with Gasteiger partial charge in [0, 0.05) is 20.1 Å². The lowest BCUT2D eigenvalue weighted by atomic mass is 9.93. The number of carbonyl (C=O) groups excluding carboxylic acids is 1. The molecule has 1 aromatic heterocycles. The van der Waals surface area contributed by atoms with Crippen LogP contribution in [0.5, 0.6) is 0 Å². The lowest BCUT2D eigenvalue weighted by Gasteiger charge is -2.34. The van der Waals surface area contributed by atoms with E-state index in [0.29, 0.717) is 19.0 Å². The highest BCUT2D eigenvalue weighted by atomic mass is 127. The second-order valence-corrected chi connectivity index (χ2v) is 7.46. The average molecular weight is 509 g/mol. The summed E-state index contributed by atoms with van der Waals surface area (Å²) in [6.07, 6.45) is 2.63. The Balaban J connectivity index is 0.00000729. The van der Waals surface area contributed by atoms with Crippen molar-refractivity contribution in [3.05, 3.63) is 12.2 Å². The molecule has 0 aromatic carbocycles. The zero-order valence-electron chi connectivity index (χ0n) is 18.1. The maximum atomic E-state index is 12.3. The van der Waals surface area contributed by atoms with Crippen molar-refractivity contribution in [3.63, 3.8) is 0 Å². The fraction of sp³-hybridized carbons (Fsp3) is 0.778. The zero-order valence-corrected chi connectivity index (χ0v) is 20.5. The van der Waals surface area contributed by atoms with Crippen LogP contribution >= 0.6 is 24.0 Å². The van der Waals surface area contributed by atoms with E-state index in [4.69, 9.17) is 4.74 Å². The molecule has 0 fully saturated rings. The third-order valence-electron chi connectivity index (χ3n) is 4.24. The van der Waals surface area contributed by atoms with Crippen LogP contribution in [0.2, 0.25) is 0 Å². The molecule has 1 amide bonds. The summed E-state index contributed by atoms with van der Waals surface area (Å²) in [5, 5.41) is 13.6. The minimum absolute atomic E-state index is 0. The number of aromatic nitrogens is 3. The Kier molecular flexibility index (Phi) is 11.4. The Morgan fingerprint density at radius 2 is 1.86 bits per heavy atom. The van der Waals surface area contributed by atoms with Gasteiger partial charge in [-0.3, -0.25) is 4.68 Å². The van der Waals surface area contributed by atoms with Gasteiger partial charge in [-0.2, -0.15) is 5.10 Å². The highest BCUT2D eigenvalue weighted by Crippen LogP contribution is 2.16. The van der Waals surface area contributed by atoms with Gasteiger partial charge in [0.2, 0.25) is 0 Å². The van der Waals surface area contributed by atoms with Crippen LogP contribution in [0.25, 0.3) is 0 Å². The number of aliphatic imine (C=N–C) groups is 1. The highest BCUT2D eigenvalue weighted by Gasteiger charge is 2.30. The van der Waals surface area contributed by atoms with E-state index in [9.17, 15) is 4.79 Å². The van der Waals surface area contributed by atoms with Gasteiger partial charge in [-0.15, -0.1) is 24.0 Å². The zero-order chi connectivity index (χ0) is 20.5. The Morgan fingerprint density at radius 1 is 1.21 bits per heavy atom. The van der Waals surface area contributed by atoms with Crippen molar-refractivity contribution < 1.29 is 9.53 Å². The second kappa shape index (κ2) is 12.1. The number of rotatable bonds is 8. The first kappa shape index (κ1) is 26.4. The quantitative estimate of drug-likeness (QED) is 0.283. The summed E-state index contributed by atoms with van der Waals surface area (Å²) in [7, 11) is 1.84. The Hall–Kier alpha value is -1.59. The van der Waals surface area contributed by atoms with Crippen LogP contribution in [0.4, 0.5) is 4.79 Å². The van der Waals surface area contributed by atoms with Gasteiger partial charge in [0.1, 0.15) is 24.3 Å². The Bertz CT molecular complexity index is 622. The van der Waals surface area contributed by atoms with Crippen LogP contribution in [0, 0.1) is 0 Å². The van der Waals surface area contributed by atoms with Gasteiger partial charge in [-0.1, -0.05) is 13.8 Å². The first-order chi connectivity index (χ1) is 12.6. The molecule has 3 N–H and O–H groups in total. The standard InChI is InChI=1S/C18H35N7O2.HI/c1-8-18(9-2,24-16(26)27-17(4,5)6)12-21-15(19-10-3)20-11-14-22-13-23-25(14)7;/h13H,8-12H2,1-7H3,(H,24,26)(H2,19,20,21);1H. The number of aryl methyl sites for hydroxylation is 1. The van der Waals surface area contributed by atoms with Crippen LogP contribution in [-0.4, -0.2) is 51.0 Å². The van der Waals surface area contributed by atoms with Crippen molar-refractivity contribution >= 4 is 36.0 Å². The van der Waals surface area contributed by atoms with E-state index in [2.05, 4.69) is 31.0 Å². The van der Waals surface area contributed by atoms with Crippen molar-refractivity contribution in [1.29, 1.82) is 0 Å². The molecule has 9 nitrogen and oxygen atoms in total. The average Bonchev–Trinajstić information content (AvgIpc) is 2.99. The van der Waals surface area contributed by atoms with Gasteiger partial charge in [0.25, 0.3) is 0 Å². The third-order valence-corrected chi connectivity index (χ3v) is 4.24. The first-order valence-electron chi connectivity index (χ1n) is 9.51. The monoisotopic (exact) mass is 509 g/mol. The predicted molar refractivity (Wildman–Crippen MR) is 122 cm³/mol. The van der Waals surface area contributed by atoms with Crippen LogP contribution in [0.1, 0.15) is 60.2 Å². The van der Waals surface area contributed by atoms with E-state index in [-0.39, 0.29) is 24.0 Å². The topological polar surface area (TPSA) is 105 Å². The summed E-state index contributed by atoms with van der Waals surface area (Å²) < 4.78 is 7.11. The van der Waals surface area contributed by atoms with Gasteiger partial charge < -0.3 is 20.7 Å². The summed E-state index contributed by atoms with van der Waals surface area (Å²) in [6, 6.07) is 0. The summed E-state index contributed by atoms with van der Waals surface area (Å²) in [6.45, 7) is 13.3. The maximum absolute atomic E-state index is 12.3. The number of guanidine groups is 1. The van der Waals surface area contributed by atoms with Gasteiger partial charge in [0.05, 0.1) is 5.54 Å². The molecule has 28 heavy (non-hydrogen) atoms. The number of halogens is 1. The molecular formula is C18H36IN7O2. The van der Waals surface area contributed by atoms with Crippen molar-refractivity contribution in [2.45, 2.75) is 72.1 Å². The smallest absolute Gasteiger partial charge is 0.408 e. The third kappa shape index (κ3) is 9.07. The summed E-state index contributed by atoms with van der Waals surface area (Å²) in [4.78, 5) is 21.0. The van der Waals surface area contributed by atoms with Crippen molar-refractivity contribution in [2.24, 2.45) is 12.0 Å². The van der Waals surface area contributed by atoms with E-state index in [1.807, 2.05) is 48.6 Å². The molecule has 0 unspecified atom stereocenters. The van der Waals surface area contributed by atoms with E-state index in [1.54, 1.807) is 4.68 Å². The normalized spacial score (nSPS) is 12.2. The molecule has 1 aromatic rings. The van der Waals surface area contributed by atoms with Gasteiger partial charge in [-0.25, -0.2) is 14.8 Å². The minimum Gasteiger partial charge on any atom is -0.444 e. The van der Waals surface area contributed by atoms with Gasteiger partial charge in [-0.05, 0) is 40.5 Å². The molecule has 0 spiro atoms. The number of ether oxygens (including phenoxy) is 1. The van der Waals surface area contributed by atoms with E-state index < -0.39 is 17.2 Å². The molecule has 0 saturated carbocycles. The number of amides is 1. The number of hydrogen-bond acceptors (Lipinski definition) is 5. The molecule has 10 heteroatoms. The number of nitrogens with one attached hydrogen (secondary N) is 3. The molecular weight excluding hydrogens is 473 g/mol. The number of carbonyl (C=O) groups is 1. The maximum Gasteiger partial charge on any atom is 0.408 e. The largest absolute Gasteiger partial charge is 0.444 e. The molecule has 0 aliphatic heterocycles. The van der Waals surface area contributed by atoms with Crippen LogP contribution in [-0.2, 0) is 18.3 Å². The fourth-order valence-electron chi connectivity index (χ4n) is 2.45. The lowest BCUT2D eigenvalue weighted by molar-refractivity contribution is 0.0448. The van der Waals surface area contributed by atoms with Crippen molar-refractivity contribution in [2.75, 3.05) is 13.1 Å². The summed E-state index contributed by atoms with van der Waals surface area (Å²) in [5.74, 6) is 1.44. The Labute approximate surface area is 185 Å². The number of hydrogen-bond donors (Lipinski definition) is 3. The lowest BCUT2D eigenvalue weighted by Crippen LogP contribution is -2.57. The number of alkyl carbamates (subject to hydrolysis) is 1. The highest BCUT2D eigenvalue weighted by molar-refractivity contribution is 14.0. The predicted octanol–water partition coefficient (Wildman–Crippen LogP) is 2.57. The van der Waals surface area contributed by atoms with E-state index in [1.165, 1.54) is 6.33 Å². The molecule has 0 aliphatic carbocycles. The minimum atomic E-state index is -0.531. The molecule has 0 saturated heterocycles. The van der Waals surface area contributed by atoms with Crippen LogP contribution in [0.3, 0.4) is 0 Å². The number of nitrogens with zero attached hydrogens (tertiary/aromatic N) is 4. The van der Waals surface area contributed by atoms with E-state index in [0.717, 1.165) is 25.2 Å². The molecule has 0 radical (unpaired) electrons. The van der Waals surface area contributed by atoms with E-state index >= 15 is 0 Å². The molecule has 0 atom stereocenters. The molecule has 162 valence electrons. The molecule has 0 bridgehead atoms. The molecule has 0 aliphatic rings. The molecule has 1 heterocycles. The van der Waals surface area contributed by atoms with Gasteiger partial charge >= 0.3 is 6.09 Å². The summed E-state index contributed by atoms with van der Waals surface area (Å²) in [5.41, 5.74) is -0.958. The fourth-order valence-corrected chi connectivity index (χ4v) is 2.45. The first-order valence-corrected chi connectivity index (χ1v) is 9.51.